The molecule has 12 heavy (non-hydrogen) atoms. The van der Waals surface area contributed by atoms with E-state index in [0.29, 0.717) is 18.8 Å². The van der Waals surface area contributed by atoms with E-state index in [9.17, 15) is 8.42 Å². The summed E-state index contributed by atoms with van der Waals surface area (Å²) in [7, 11) is 1.63. The predicted molar refractivity (Wildman–Crippen MR) is 47.7 cm³/mol. The number of hydrogen-bond acceptors (Lipinski definition) is 3. The summed E-state index contributed by atoms with van der Waals surface area (Å²) in [5.41, 5.74) is 0.655. The maximum absolute atomic E-state index is 10.7. The second-order valence-electron chi connectivity index (χ2n) is 2.90. The molecule has 0 bridgehead atoms. The molecule has 1 aliphatic heterocycles. The van der Waals surface area contributed by atoms with Crippen LogP contribution in [0.4, 0.5) is 0 Å². The number of hydrogen-bond donors (Lipinski definition) is 0. The Labute approximate surface area is 76.8 Å². The summed E-state index contributed by atoms with van der Waals surface area (Å²) in [6, 6.07) is 0. The third kappa shape index (κ3) is 3.13. The molecule has 0 N–H and O–H groups in total. The van der Waals surface area contributed by atoms with Gasteiger partial charge in [0.1, 0.15) is 0 Å². The highest BCUT2D eigenvalue weighted by Gasteiger charge is 2.21. The summed E-state index contributed by atoms with van der Waals surface area (Å²) in [5, 5.41) is 0. The fourth-order valence-electron chi connectivity index (χ4n) is 1.20. The van der Waals surface area contributed by atoms with E-state index in [4.69, 9.17) is 15.4 Å². The zero-order valence-electron chi connectivity index (χ0n) is 6.62. The lowest BCUT2D eigenvalue weighted by Gasteiger charge is -2.08. The molecule has 70 valence electrons. The van der Waals surface area contributed by atoms with Gasteiger partial charge < -0.3 is 4.74 Å². The first-order valence-corrected chi connectivity index (χ1v) is 6.14. The quantitative estimate of drug-likeness (QED) is 0.519. The van der Waals surface area contributed by atoms with Crippen molar-refractivity contribution >= 4 is 19.7 Å². The van der Waals surface area contributed by atoms with Gasteiger partial charge >= 0.3 is 0 Å². The van der Waals surface area contributed by atoms with E-state index in [-0.39, 0.29) is 11.7 Å². The van der Waals surface area contributed by atoms with Gasteiger partial charge in [-0.15, -0.1) is 0 Å². The summed E-state index contributed by atoms with van der Waals surface area (Å²) in [4.78, 5) is 0. The first-order chi connectivity index (χ1) is 5.49. The Balaban J connectivity index is 2.48. The van der Waals surface area contributed by atoms with Gasteiger partial charge in [-0.05, 0) is 6.42 Å². The molecule has 0 aromatic rings. The fourth-order valence-corrected chi connectivity index (χ4v) is 2.29. The Morgan fingerprint density at radius 3 is 2.75 bits per heavy atom. The van der Waals surface area contributed by atoms with Crippen LogP contribution < -0.4 is 0 Å². The molecular formula is C7H11ClO3S. The Hall–Kier alpha value is -0.0600. The van der Waals surface area contributed by atoms with Gasteiger partial charge in [0, 0.05) is 23.2 Å². The molecule has 0 aromatic carbocycles. The van der Waals surface area contributed by atoms with Gasteiger partial charge in [0.15, 0.2) is 0 Å². The maximum atomic E-state index is 10.7. The van der Waals surface area contributed by atoms with E-state index in [1.165, 1.54) is 0 Å². The molecule has 0 aliphatic carbocycles. The van der Waals surface area contributed by atoms with Crippen LogP contribution in [0, 0.1) is 5.92 Å². The van der Waals surface area contributed by atoms with Crippen molar-refractivity contribution < 1.29 is 13.2 Å². The van der Waals surface area contributed by atoms with Crippen molar-refractivity contribution in [2.75, 3.05) is 19.0 Å². The van der Waals surface area contributed by atoms with Gasteiger partial charge in [0.05, 0.1) is 12.4 Å². The monoisotopic (exact) mass is 210 g/mol. The summed E-state index contributed by atoms with van der Waals surface area (Å²) in [5.74, 6) is 0.0290. The van der Waals surface area contributed by atoms with Gasteiger partial charge in [-0.3, -0.25) is 0 Å². The number of rotatable bonds is 3. The number of ether oxygens (including phenoxy) is 1. The summed E-state index contributed by atoms with van der Waals surface area (Å²) in [6.45, 7) is 4.94. The predicted octanol–water partition coefficient (Wildman–Crippen LogP) is 1.15. The van der Waals surface area contributed by atoms with Gasteiger partial charge in [-0.2, -0.15) is 0 Å². The maximum Gasteiger partial charge on any atom is 0.236 e. The molecule has 0 spiro atoms. The molecule has 1 heterocycles. The van der Waals surface area contributed by atoms with E-state index in [1.807, 2.05) is 0 Å². The number of halogens is 1. The average molecular weight is 211 g/mol. The molecule has 5 heteroatoms. The normalized spacial score (nSPS) is 24.2. The standard InChI is InChI=1S/C7H11ClO3S/c1-6(5-12(8,9)10)7-2-3-11-4-7/h7H,1-5H2. The molecule has 1 fully saturated rings. The third-order valence-corrected chi connectivity index (χ3v) is 2.91. The second-order valence-corrected chi connectivity index (χ2v) is 5.68. The summed E-state index contributed by atoms with van der Waals surface area (Å²) >= 11 is 0. The third-order valence-electron chi connectivity index (χ3n) is 1.86. The molecule has 0 saturated carbocycles. The van der Waals surface area contributed by atoms with Crippen molar-refractivity contribution in [3.63, 3.8) is 0 Å². The molecule has 0 aromatic heterocycles. The van der Waals surface area contributed by atoms with Crippen molar-refractivity contribution in [3.05, 3.63) is 12.2 Å². The van der Waals surface area contributed by atoms with Crippen LogP contribution in [-0.2, 0) is 13.8 Å². The van der Waals surface area contributed by atoms with E-state index < -0.39 is 9.05 Å². The van der Waals surface area contributed by atoms with Crippen molar-refractivity contribution in [2.45, 2.75) is 6.42 Å². The minimum Gasteiger partial charge on any atom is -0.381 e. The minimum atomic E-state index is -3.44. The van der Waals surface area contributed by atoms with Gasteiger partial charge in [0.25, 0.3) is 0 Å². The molecule has 1 rings (SSSR count). The van der Waals surface area contributed by atoms with Crippen molar-refractivity contribution in [3.8, 4) is 0 Å². The van der Waals surface area contributed by atoms with E-state index >= 15 is 0 Å². The SMILES string of the molecule is C=C(CS(=O)(=O)Cl)C1CCOC1. The van der Waals surface area contributed by atoms with Crippen molar-refractivity contribution in [1.82, 2.24) is 0 Å². The minimum absolute atomic E-state index is 0.136. The van der Waals surface area contributed by atoms with Crippen LogP contribution in [0.15, 0.2) is 12.2 Å². The zero-order chi connectivity index (χ0) is 9.19. The average Bonchev–Trinajstić information content (AvgIpc) is 2.32. The zero-order valence-corrected chi connectivity index (χ0v) is 8.20. The highest BCUT2D eigenvalue weighted by atomic mass is 35.7. The molecule has 1 saturated heterocycles. The molecular weight excluding hydrogens is 200 g/mol. The van der Waals surface area contributed by atoms with Crippen molar-refractivity contribution in [1.29, 1.82) is 0 Å². The summed E-state index contributed by atoms with van der Waals surface area (Å²) < 4.78 is 26.4. The Morgan fingerprint density at radius 1 is 1.67 bits per heavy atom. The Morgan fingerprint density at radius 2 is 2.33 bits per heavy atom. The second kappa shape index (κ2) is 3.77. The smallest absolute Gasteiger partial charge is 0.236 e. The van der Waals surface area contributed by atoms with Gasteiger partial charge in [-0.25, -0.2) is 8.42 Å². The van der Waals surface area contributed by atoms with Crippen LogP contribution >= 0.6 is 10.7 Å². The molecule has 0 amide bonds. The highest BCUT2D eigenvalue weighted by molar-refractivity contribution is 8.13. The lowest BCUT2D eigenvalue weighted by Crippen LogP contribution is -2.10. The molecule has 1 atom stereocenters. The fraction of sp³-hybridized carbons (Fsp3) is 0.714. The van der Waals surface area contributed by atoms with E-state index in [0.717, 1.165) is 6.42 Å². The lowest BCUT2D eigenvalue weighted by molar-refractivity contribution is 0.190. The Kier molecular flexibility index (Phi) is 3.15. The summed E-state index contributed by atoms with van der Waals surface area (Å²) in [6.07, 6.45) is 0.852. The highest BCUT2D eigenvalue weighted by Crippen LogP contribution is 2.22. The van der Waals surface area contributed by atoms with Gasteiger partial charge in [-0.1, -0.05) is 12.2 Å². The largest absolute Gasteiger partial charge is 0.381 e. The van der Waals surface area contributed by atoms with Crippen LogP contribution in [0.2, 0.25) is 0 Å². The first kappa shape index (κ1) is 10.0. The Bertz CT molecular complexity index is 264. The van der Waals surface area contributed by atoms with Crippen molar-refractivity contribution in [2.24, 2.45) is 5.92 Å². The van der Waals surface area contributed by atoms with E-state index in [1.54, 1.807) is 0 Å². The molecule has 3 nitrogen and oxygen atoms in total. The molecule has 0 radical (unpaired) electrons. The van der Waals surface area contributed by atoms with Crippen LogP contribution in [0.3, 0.4) is 0 Å². The van der Waals surface area contributed by atoms with Crippen LogP contribution in [0.25, 0.3) is 0 Å². The van der Waals surface area contributed by atoms with E-state index in [2.05, 4.69) is 6.58 Å². The molecule has 1 unspecified atom stereocenters. The van der Waals surface area contributed by atoms with Crippen LogP contribution in [0.5, 0.6) is 0 Å². The first-order valence-electron chi connectivity index (χ1n) is 3.67. The van der Waals surface area contributed by atoms with Crippen LogP contribution in [-0.4, -0.2) is 27.4 Å². The molecule has 1 aliphatic rings. The van der Waals surface area contributed by atoms with Gasteiger partial charge in [0.2, 0.25) is 9.05 Å². The topological polar surface area (TPSA) is 43.4 Å². The lowest BCUT2D eigenvalue weighted by atomic mass is 10.0. The van der Waals surface area contributed by atoms with Crippen LogP contribution in [0.1, 0.15) is 6.42 Å².